The summed E-state index contributed by atoms with van der Waals surface area (Å²) in [6.07, 6.45) is 0. The molecule has 0 aliphatic carbocycles. The van der Waals surface area contributed by atoms with Crippen LogP contribution in [0.2, 0.25) is 0 Å². The average molecular weight is 263 g/mol. The summed E-state index contributed by atoms with van der Waals surface area (Å²) < 4.78 is 5.70. The van der Waals surface area contributed by atoms with Crippen LogP contribution in [0.15, 0.2) is 23.6 Å². The third-order valence-corrected chi connectivity index (χ3v) is 3.34. The zero-order chi connectivity index (χ0) is 13.1. The number of aromatic carboxylic acids is 1. The van der Waals surface area contributed by atoms with Crippen molar-refractivity contribution in [1.82, 2.24) is 4.98 Å². The maximum atomic E-state index is 10.7. The number of para-hydroxylation sites is 1. The lowest BCUT2D eigenvalue weighted by molar-refractivity contribution is 0.0691. The number of hydrogen-bond donors (Lipinski definition) is 1. The van der Waals surface area contributed by atoms with E-state index in [0.29, 0.717) is 11.6 Å². The number of aryl methyl sites for hydroxylation is 2. The van der Waals surface area contributed by atoms with Crippen LogP contribution in [0.3, 0.4) is 0 Å². The van der Waals surface area contributed by atoms with E-state index < -0.39 is 5.97 Å². The number of thiazole rings is 1. The van der Waals surface area contributed by atoms with Gasteiger partial charge >= 0.3 is 5.97 Å². The summed E-state index contributed by atoms with van der Waals surface area (Å²) >= 11 is 1.29. The third-order valence-electron chi connectivity index (χ3n) is 2.52. The Hall–Kier alpha value is -1.88. The lowest BCUT2D eigenvalue weighted by Gasteiger charge is -2.10. The van der Waals surface area contributed by atoms with Gasteiger partial charge in [-0.05, 0) is 25.0 Å². The SMILES string of the molecule is Cc1cccc(C)c1OCc1nc(C(=O)O)cs1. The van der Waals surface area contributed by atoms with Gasteiger partial charge < -0.3 is 9.84 Å². The molecule has 0 saturated heterocycles. The summed E-state index contributed by atoms with van der Waals surface area (Å²) in [4.78, 5) is 14.7. The van der Waals surface area contributed by atoms with Crippen molar-refractivity contribution in [2.45, 2.75) is 20.5 Å². The largest absolute Gasteiger partial charge is 0.486 e. The zero-order valence-electron chi connectivity index (χ0n) is 10.1. The molecule has 0 saturated carbocycles. The Bertz CT molecular complexity index is 557. The number of carboxylic acid groups (broad SMARTS) is 1. The van der Waals surface area contributed by atoms with E-state index in [1.807, 2.05) is 32.0 Å². The van der Waals surface area contributed by atoms with Crippen molar-refractivity contribution in [3.05, 3.63) is 45.4 Å². The van der Waals surface area contributed by atoms with Crippen LogP contribution in [0.25, 0.3) is 0 Å². The van der Waals surface area contributed by atoms with Crippen molar-refractivity contribution in [2.75, 3.05) is 0 Å². The molecule has 1 aromatic carbocycles. The van der Waals surface area contributed by atoms with Gasteiger partial charge in [-0.3, -0.25) is 0 Å². The van der Waals surface area contributed by atoms with Crippen molar-refractivity contribution in [3.8, 4) is 5.75 Å². The Kier molecular flexibility index (Phi) is 3.62. The second-order valence-corrected chi connectivity index (χ2v) is 4.88. The monoisotopic (exact) mass is 263 g/mol. The fourth-order valence-corrected chi connectivity index (χ4v) is 2.32. The molecule has 0 radical (unpaired) electrons. The molecule has 1 N–H and O–H groups in total. The first-order valence-electron chi connectivity index (χ1n) is 5.44. The Morgan fingerprint density at radius 2 is 2.06 bits per heavy atom. The average Bonchev–Trinajstić information content (AvgIpc) is 2.77. The molecule has 4 nitrogen and oxygen atoms in total. The highest BCUT2D eigenvalue weighted by molar-refractivity contribution is 7.09. The van der Waals surface area contributed by atoms with Gasteiger partial charge in [0, 0.05) is 5.38 Å². The maximum Gasteiger partial charge on any atom is 0.355 e. The van der Waals surface area contributed by atoms with Crippen LogP contribution in [-0.4, -0.2) is 16.1 Å². The lowest BCUT2D eigenvalue weighted by Crippen LogP contribution is -2.00. The molecular formula is C13H13NO3S. The van der Waals surface area contributed by atoms with Gasteiger partial charge in [0.25, 0.3) is 0 Å². The molecule has 0 unspecified atom stereocenters. The normalized spacial score (nSPS) is 10.3. The highest BCUT2D eigenvalue weighted by atomic mass is 32.1. The first-order valence-corrected chi connectivity index (χ1v) is 6.32. The van der Waals surface area contributed by atoms with E-state index in [-0.39, 0.29) is 5.69 Å². The van der Waals surface area contributed by atoms with Crippen LogP contribution in [0.5, 0.6) is 5.75 Å². The predicted molar refractivity (Wildman–Crippen MR) is 69.3 cm³/mol. The molecule has 18 heavy (non-hydrogen) atoms. The minimum absolute atomic E-state index is 0.0695. The minimum atomic E-state index is -1.01. The predicted octanol–water partition coefficient (Wildman–Crippen LogP) is 3.04. The van der Waals surface area contributed by atoms with Crippen molar-refractivity contribution in [1.29, 1.82) is 0 Å². The number of nitrogens with zero attached hydrogens (tertiary/aromatic N) is 1. The molecule has 2 rings (SSSR count). The van der Waals surface area contributed by atoms with Crippen LogP contribution in [0, 0.1) is 13.8 Å². The highest BCUT2D eigenvalue weighted by Gasteiger charge is 2.10. The zero-order valence-corrected chi connectivity index (χ0v) is 11.0. The topological polar surface area (TPSA) is 59.4 Å². The van der Waals surface area contributed by atoms with Crippen molar-refractivity contribution >= 4 is 17.3 Å². The Morgan fingerprint density at radius 3 is 2.61 bits per heavy atom. The van der Waals surface area contributed by atoms with Crippen LogP contribution in [-0.2, 0) is 6.61 Å². The van der Waals surface area contributed by atoms with Crippen LogP contribution in [0.1, 0.15) is 26.6 Å². The summed E-state index contributed by atoms with van der Waals surface area (Å²) in [7, 11) is 0. The fraction of sp³-hybridized carbons (Fsp3) is 0.231. The molecule has 5 heteroatoms. The molecule has 0 aliphatic rings. The molecule has 0 amide bonds. The number of aromatic nitrogens is 1. The Labute approximate surface area is 109 Å². The summed E-state index contributed by atoms with van der Waals surface area (Å²) in [5.41, 5.74) is 2.19. The van der Waals surface area contributed by atoms with Gasteiger partial charge in [0.05, 0.1) is 0 Å². The van der Waals surface area contributed by atoms with Gasteiger partial charge in [-0.1, -0.05) is 18.2 Å². The molecular weight excluding hydrogens is 250 g/mol. The van der Waals surface area contributed by atoms with Gasteiger partial charge in [0.1, 0.15) is 17.4 Å². The van der Waals surface area contributed by atoms with E-state index in [2.05, 4.69) is 4.98 Å². The van der Waals surface area contributed by atoms with Gasteiger partial charge in [-0.2, -0.15) is 0 Å². The van der Waals surface area contributed by atoms with Gasteiger partial charge in [0.2, 0.25) is 0 Å². The number of carboxylic acids is 1. The quantitative estimate of drug-likeness (QED) is 0.921. The molecule has 0 atom stereocenters. The summed E-state index contributed by atoms with van der Waals surface area (Å²) in [6, 6.07) is 5.93. The molecule has 0 spiro atoms. The van der Waals surface area contributed by atoms with E-state index in [4.69, 9.17) is 9.84 Å². The third kappa shape index (κ3) is 2.68. The number of rotatable bonds is 4. The summed E-state index contributed by atoms with van der Waals surface area (Å²) in [5.74, 6) is -0.172. The lowest BCUT2D eigenvalue weighted by atomic mass is 10.1. The van der Waals surface area contributed by atoms with E-state index in [0.717, 1.165) is 16.9 Å². The Balaban J connectivity index is 2.09. The molecule has 0 fully saturated rings. The van der Waals surface area contributed by atoms with Crippen molar-refractivity contribution in [3.63, 3.8) is 0 Å². The van der Waals surface area contributed by atoms with Crippen molar-refractivity contribution in [2.24, 2.45) is 0 Å². The number of ether oxygens (including phenoxy) is 1. The second kappa shape index (κ2) is 5.18. The molecule has 0 aliphatic heterocycles. The van der Waals surface area contributed by atoms with E-state index in [9.17, 15) is 4.79 Å². The fourth-order valence-electron chi connectivity index (χ4n) is 1.64. The first-order chi connectivity index (χ1) is 8.58. The second-order valence-electron chi connectivity index (χ2n) is 3.94. The van der Waals surface area contributed by atoms with Gasteiger partial charge in [0.15, 0.2) is 5.69 Å². The number of carbonyl (C=O) groups is 1. The van der Waals surface area contributed by atoms with Crippen molar-refractivity contribution < 1.29 is 14.6 Å². The highest BCUT2D eigenvalue weighted by Crippen LogP contribution is 2.24. The number of hydrogen-bond acceptors (Lipinski definition) is 4. The molecule has 2 aromatic rings. The molecule has 94 valence electrons. The number of benzene rings is 1. The molecule has 0 bridgehead atoms. The van der Waals surface area contributed by atoms with Crippen LogP contribution in [0.4, 0.5) is 0 Å². The molecule has 1 aromatic heterocycles. The van der Waals surface area contributed by atoms with E-state index in [1.54, 1.807) is 0 Å². The van der Waals surface area contributed by atoms with Gasteiger partial charge in [-0.15, -0.1) is 11.3 Å². The summed E-state index contributed by atoms with van der Waals surface area (Å²) in [6.45, 7) is 4.25. The van der Waals surface area contributed by atoms with E-state index in [1.165, 1.54) is 16.7 Å². The Morgan fingerprint density at radius 1 is 1.39 bits per heavy atom. The smallest absolute Gasteiger partial charge is 0.355 e. The standard InChI is InChI=1S/C13H13NO3S/c1-8-4-3-5-9(2)12(8)17-6-11-14-10(7-18-11)13(15)16/h3-5,7H,6H2,1-2H3,(H,15,16). The van der Waals surface area contributed by atoms with E-state index >= 15 is 0 Å². The van der Waals surface area contributed by atoms with Gasteiger partial charge in [-0.25, -0.2) is 9.78 Å². The first kappa shape index (κ1) is 12.6. The summed E-state index contributed by atoms with van der Waals surface area (Å²) in [5, 5.41) is 11.0. The minimum Gasteiger partial charge on any atom is -0.486 e. The maximum absolute atomic E-state index is 10.7. The molecule has 1 heterocycles. The van der Waals surface area contributed by atoms with Crippen LogP contribution < -0.4 is 4.74 Å². The van der Waals surface area contributed by atoms with Crippen LogP contribution >= 0.6 is 11.3 Å².